The summed E-state index contributed by atoms with van der Waals surface area (Å²) >= 11 is 1.52. The van der Waals surface area contributed by atoms with Crippen molar-refractivity contribution < 1.29 is 14.4 Å². The Bertz CT molecular complexity index is 701. The second kappa shape index (κ2) is 5.21. The Balaban J connectivity index is 1.94. The normalized spacial score (nSPS) is 14.0. The van der Waals surface area contributed by atoms with Crippen LogP contribution in [0.2, 0.25) is 0 Å². The van der Waals surface area contributed by atoms with Crippen molar-refractivity contribution in [3.8, 4) is 11.5 Å². The minimum atomic E-state index is -0.434. The number of ether oxygens (including phenoxy) is 2. The first-order chi connectivity index (χ1) is 10.1. The van der Waals surface area contributed by atoms with Gasteiger partial charge in [0.1, 0.15) is 5.69 Å². The van der Waals surface area contributed by atoms with E-state index in [1.165, 1.54) is 17.4 Å². The highest BCUT2D eigenvalue weighted by Crippen LogP contribution is 2.41. The Labute approximate surface area is 124 Å². The van der Waals surface area contributed by atoms with E-state index in [-0.39, 0.29) is 18.5 Å². The van der Waals surface area contributed by atoms with Gasteiger partial charge < -0.3 is 14.8 Å². The zero-order valence-electron chi connectivity index (χ0n) is 11.5. The van der Waals surface area contributed by atoms with Crippen molar-refractivity contribution in [1.82, 2.24) is 4.98 Å². The summed E-state index contributed by atoms with van der Waals surface area (Å²) < 4.78 is 10.5. The fraction of sp³-hybridized carbons (Fsp3) is 0.308. The van der Waals surface area contributed by atoms with Gasteiger partial charge >= 0.3 is 0 Å². The molecule has 1 aromatic carbocycles. The number of aromatic nitrogens is 1. The van der Waals surface area contributed by atoms with Crippen LogP contribution in [-0.4, -0.2) is 16.7 Å². The molecule has 21 heavy (non-hydrogen) atoms. The lowest BCUT2D eigenvalue weighted by Gasteiger charge is -2.15. The van der Waals surface area contributed by atoms with E-state index in [1.807, 2.05) is 13.8 Å². The zero-order chi connectivity index (χ0) is 15.0. The molecule has 0 aliphatic carbocycles. The summed E-state index contributed by atoms with van der Waals surface area (Å²) in [5.41, 5.74) is 3.05. The van der Waals surface area contributed by atoms with E-state index in [0.29, 0.717) is 17.2 Å². The standard InChI is InChI=1S/C13H13N3O4S/c1-7-13(21-5-14-7)8(2)15-9-3-11-12(20-6-19-11)4-10(9)16(17)18/h3-5,8,15H,6H2,1-2H3. The monoisotopic (exact) mass is 307 g/mol. The molecule has 1 N–H and O–H groups in total. The van der Waals surface area contributed by atoms with Crippen LogP contribution < -0.4 is 14.8 Å². The Kier molecular flexibility index (Phi) is 3.38. The number of anilines is 1. The average molecular weight is 307 g/mol. The third-order valence-corrected chi connectivity index (χ3v) is 4.35. The summed E-state index contributed by atoms with van der Waals surface area (Å²) in [6.07, 6.45) is 0. The Hall–Kier alpha value is -2.35. The molecule has 0 radical (unpaired) electrons. The Morgan fingerprint density at radius 3 is 2.76 bits per heavy atom. The van der Waals surface area contributed by atoms with Gasteiger partial charge in [0.05, 0.1) is 28.2 Å². The van der Waals surface area contributed by atoms with E-state index in [2.05, 4.69) is 10.3 Å². The van der Waals surface area contributed by atoms with Gasteiger partial charge in [0, 0.05) is 10.9 Å². The number of benzene rings is 1. The van der Waals surface area contributed by atoms with Crippen LogP contribution in [0.1, 0.15) is 23.5 Å². The van der Waals surface area contributed by atoms with Gasteiger partial charge in [0.15, 0.2) is 11.5 Å². The van der Waals surface area contributed by atoms with Crippen LogP contribution >= 0.6 is 11.3 Å². The quantitative estimate of drug-likeness (QED) is 0.689. The molecule has 7 nitrogen and oxygen atoms in total. The molecule has 1 unspecified atom stereocenters. The van der Waals surface area contributed by atoms with E-state index in [4.69, 9.17) is 9.47 Å². The highest BCUT2D eigenvalue weighted by molar-refractivity contribution is 7.09. The Morgan fingerprint density at radius 1 is 1.43 bits per heavy atom. The molecule has 0 saturated carbocycles. The molecule has 1 aromatic heterocycles. The first-order valence-corrected chi connectivity index (χ1v) is 7.19. The summed E-state index contributed by atoms with van der Waals surface area (Å²) in [6.45, 7) is 3.94. The molecule has 2 heterocycles. The molecule has 1 aliphatic rings. The van der Waals surface area contributed by atoms with E-state index in [1.54, 1.807) is 11.6 Å². The molecular formula is C13H13N3O4S. The van der Waals surface area contributed by atoms with E-state index < -0.39 is 4.92 Å². The van der Waals surface area contributed by atoms with Gasteiger partial charge in [-0.1, -0.05) is 0 Å². The van der Waals surface area contributed by atoms with Gasteiger partial charge in [-0.2, -0.15) is 0 Å². The number of nitro groups is 1. The Morgan fingerprint density at radius 2 is 2.14 bits per heavy atom. The van der Waals surface area contributed by atoms with Crippen LogP contribution in [0.5, 0.6) is 11.5 Å². The summed E-state index contributed by atoms with van der Waals surface area (Å²) in [5, 5.41) is 14.4. The molecule has 3 rings (SSSR count). The van der Waals surface area contributed by atoms with E-state index in [0.717, 1.165) is 10.6 Å². The lowest BCUT2D eigenvalue weighted by Crippen LogP contribution is -2.08. The highest BCUT2D eigenvalue weighted by atomic mass is 32.1. The fourth-order valence-corrected chi connectivity index (χ4v) is 3.03. The van der Waals surface area contributed by atoms with Crippen molar-refractivity contribution in [2.75, 3.05) is 12.1 Å². The number of hydrogen-bond acceptors (Lipinski definition) is 7. The third kappa shape index (κ3) is 2.49. The van der Waals surface area contributed by atoms with Crippen molar-refractivity contribution in [2.45, 2.75) is 19.9 Å². The maximum Gasteiger partial charge on any atom is 0.296 e. The molecule has 2 aromatic rings. The minimum absolute atomic E-state index is 0.0340. The average Bonchev–Trinajstić information content (AvgIpc) is 3.05. The summed E-state index contributed by atoms with van der Waals surface area (Å²) in [6, 6.07) is 2.90. The number of fused-ring (bicyclic) bond motifs is 1. The first kappa shape index (κ1) is 13.6. The van der Waals surface area contributed by atoms with Crippen molar-refractivity contribution >= 4 is 22.7 Å². The van der Waals surface area contributed by atoms with E-state index in [9.17, 15) is 10.1 Å². The molecule has 1 atom stereocenters. The maximum absolute atomic E-state index is 11.2. The molecule has 0 saturated heterocycles. The van der Waals surface area contributed by atoms with Crippen LogP contribution in [0.25, 0.3) is 0 Å². The second-order valence-electron chi connectivity index (χ2n) is 4.65. The number of thiazole rings is 1. The van der Waals surface area contributed by atoms with Crippen molar-refractivity contribution in [3.63, 3.8) is 0 Å². The van der Waals surface area contributed by atoms with Crippen LogP contribution in [-0.2, 0) is 0 Å². The number of aryl methyl sites for hydroxylation is 1. The molecule has 0 spiro atoms. The topological polar surface area (TPSA) is 86.5 Å². The fourth-order valence-electron chi connectivity index (χ4n) is 2.22. The highest BCUT2D eigenvalue weighted by Gasteiger charge is 2.25. The van der Waals surface area contributed by atoms with Gasteiger partial charge in [0.2, 0.25) is 6.79 Å². The largest absolute Gasteiger partial charge is 0.454 e. The van der Waals surface area contributed by atoms with Crippen LogP contribution in [0.15, 0.2) is 17.6 Å². The van der Waals surface area contributed by atoms with Crippen LogP contribution in [0.3, 0.4) is 0 Å². The number of nitro benzene ring substituents is 1. The number of nitrogens with one attached hydrogen (secondary N) is 1. The van der Waals surface area contributed by atoms with Crippen LogP contribution in [0.4, 0.5) is 11.4 Å². The number of rotatable bonds is 4. The molecule has 110 valence electrons. The van der Waals surface area contributed by atoms with Gasteiger partial charge in [-0.3, -0.25) is 10.1 Å². The van der Waals surface area contributed by atoms with Gasteiger partial charge in [-0.05, 0) is 13.8 Å². The smallest absolute Gasteiger partial charge is 0.296 e. The van der Waals surface area contributed by atoms with Gasteiger partial charge in [-0.15, -0.1) is 11.3 Å². The third-order valence-electron chi connectivity index (χ3n) is 3.24. The van der Waals surface area contributed by atoms with Crippen molar-refractivity contribution in [1.29, 1.82) is 0 Å². The lowest BCUT2D eigenvalue weighted by atomic mass is 10.2. The summed E-state index contributed by atoms with van der Waals surface area (Å²) in [4.78, 5) is 16.0. The van der Waals surface area contributed by atoms with Gasteiger partial charge in [0.25, 0.3) is 5.69 Å². The summed E-state index contributed by atoms with van der Waals surface area (Å²) in [5.74, 6) is 0.908. The second-order valence-corrected chi connectivity index (χ2v) is 5.53. The molecule has 8 heteroatoms. The minimum Gasteiger partial charge on any atom is -0.454 e. The van der Waals surface area contributed by atoms with Crippen molar-refractivity contribution in [3.05, 3.63) is 38.3 Å². The van der Waals surface area contributed by atoms with Gasteiger partial charge in [-0.25, -0.2) is 4.98 Å². The molecule has 0 bridgehead atoms. The maximum atomic E-state index is 11.2. The SMILES string of the molecule is Cc1ncsc1C(C)Nc1cc2c(cc1[N+](=O)[O-])OCO2. The molecule has 1 aliphatic heterocycles. The van der Waals surface area contributed by atoms with Crippen molar-refractivity contribution in [2.24, 2.45) is 0 Å². The molecule has 0 amide bonds. The molecule has 0 fully saturated rings. The predicted molar refractivity (Wildman–Crippen MR) is 78.1 cm³/mol. The number of hydrogen-bond donors (Lipinski definition) is 1. The zero-order valence-corrected chi connectivity index (χ0v) is 12.3. The van der Waals surface area contributed by atoms with E-state index >= 15 is 0 Å². The summed E-state index contributed by atoms with van der Waals surface area (Å²) in [7, 11) is 0. The van der Waals surface area contributed by atoms with Crippen LogP contribution in [0, 0.1) is 17.0 Å². The number of nitrogens with zero attached hydrogens (tertiary/aromatic N) is 2. The lowest BCUT2D eigenvalue weighted by molar-refractivity contribution is -0.384. The predicted octanol–water partition coefficient (Wildman–Crippen LogP) is 3.26. The first-order valence-electron chi connectivity index (χ1n) is 6.31. The molecular weight excluding hydrogens is 294 g/mol.